The predicted octanol–water partition coefficient (Wildman–Crippen LogP) is 5.21. The number of hydrogen-bond acceptors (Lipinski definition) is 3. The topological polar surface area (TPSA) is 46.9 Å². The molecule has 2 heterocycles. The van der Waals surface area contributed by atoms with Crippen LogP contribution in [-0.2, 0) is 6.42 Å². The van der Waals surface area contributed by atoms with Gasteiger partial charge in [0.25, 0.3) is 5.91 Å². The van der Waals surface area contributed by atoms with Crippen molar-refractivity contribution in [3.8, 4) is 5.69 Å². The van der Waals surface area contributed by atoms with Gasteiger partial charge in [0.2, 0.25) is 0 Å². The van der Waals surface area contributed by atoms with Gasteiger partial charge >= 0.3 is 0 Å². The van der Waals surface area contributed by atoms with E-state index in [4.69, 9.17) is 0 Å². The van der Waals surface area contributed by atoms with Crippen LogP contribution >= 0.6 is 11.3 Å². The molecule has 0 unspecified atom stereocenters. The van der Waals surface area contributed by atoms with Crippen LogP contribution in [0.1, 0.15) is 27.9 Å². The number of fused-ring (bicyclic) bond motifs is 1. The number of rotatable bonds is 4. The monoisotopic (exact) mass is 361 g/mol. The number of carbonyl (C=O) groups is 1. The van der Waals surface area contributed by atoms with Crippen LogP contribution in [-0.4, -0.2) is 15.7 Å². The highest BCUT2D eigenvalue weighted by molar-refractivity contribution is 7.20. The molecule has 4 nitrogen and oxygen atoms in total. The van der Waals surface area contributed by atoms with Gasteiger partial charge in [-0.2, -0.15) is 5.10 Å². The third-order valence-electron chi connectivity index (χ3n) is 4.42. The lowest BCUT2D eigenvalue weighted by molar-refractivity contribution is 0.103. The number of hydrogen-bond donors (Lipinski definition) is 1. The van der Waals surface area contributed by atoms with Gasteiger partial charge in [-0.3, -0.25) is 4.79 Å². The molecule has 0 spiro atoms. The van der Waals surface area contributed by atoms with Gasteiger partial charge in [0.1, 0.15) is 4.83 Å². The minimum Gasteiger partial charge on any atom is -0.321 e. The van der Waals surface area contributed by atoms with E-state index in [0.717, 1.165) is 39.3 Å². The Morgan fingerprint density at radius 1 is 1.12 bits per heavy atom. The second kappa shape index (κ2) is 6.77. The molecule has 1 amide bonds. The molecule has 5 heteroatoms. The fourth-order valence-corrected chi connectivity index (χ4v) is 4.12. The molecule has 0 aliphatic heterocycles. The van der Waals surface area contributed by atoms with Gasteiger partial charge < -0.3 is 5.32 Å². The predicted molar refractivity (Wildman–Crippen MR) is 107 cm³/mol. The lowest BCUT2D eigenvalue weighted by atomic mass is 10.1. The fraction of sp³-hybridized carbons (Fsp3) is 0.143. The van der Waals surface area contributed by atoms with Crippen molar-refractivity contribution in [2.75, 3.05) is 5.32 Å². The molecule has 1 N–H and O–H groups in total. The highest BCUT2D eigenvalue weighted by atomic mass is 32.1. The van der Waals surface area contributed by atoms with Crippen molar-refractivity contribution in [2.24, 2.45) is 0 Å². The van der Waals surface area contributed by atoms with Crippen LogP contribution in [0.5, 0.6) is 0 Å². The lowest BCUT2D eigenvalue weighted by Gasteiger charge is -2.08. The zero-order valence-corrected chi connectivity index (χ0v) is 15.5. The quantitative estimate of drug-likeness (QED) is 0.542. The van der Waals surface area contributed by atoms with E-state index < -0.39 is 0 Å². The first-order chi connectivity index (χ1) is 12.7. The lowest BCUT2D eigenvalue weighted by Crippen LogP contribution is -2.11. The molecule has 0 aliphatic rings. The molecule has 26 heavy (non-hydrogen) atoms. The number of amides is 1. The van der Waals surface area contributed by atoms with Gasteiger partial charge in [-0.05, 0) is 43.2 Å². The Bertz CT molecular complexity index is 1080. The molecule has 0 bridgehead atoms. The number of para-hydroxylation sites is 2. The minimum absolute atomic E-state index is 0.0777. The van der Waals surface area contributed by atoms with Gasteiger partial charge in [-0.15, -0.1) is 11.3 Å². The number of nitrogens with zero attached hydrogens (tertiary/aromatic N) is 2. The number of nitrogens with one attached hydrogen (secondary N) is 1. The summed E-state index contributed by atoms with van der Waals surface area (Å²) in [5, 5.41) is 8.70. The SMILES string of the molecule is CCc1ccccc1NC(=O)c1cc2c(C)nn(-c3ccccc3)c2s1. The third-order valence-corrected chi connectivity index (χ3v) is 5.53. The van der Waals surface area contributed by atoms with Gasteiger partial charge in [0, 0.05) is 11.1 Å². The van der Waals surface area contributed by atoms with E-state index in [0.29, 0.717) is 4.88 Å². The summed E-state index contributed by atoms with van der Waals surface area (Å²) in [5.74, 6) is -0.0777. The maximum atomic E-state index is 12.8. The van der Waals surface area contributed by atoms with E-state index in [9.17, 15) is 4.79 Å². The summed E-state index contributed by atoms with van der Waals surface area (Å²) in [6.45, 7) is 4.06. The highest BCUT2D eigenvalue weighted by Gasteiger charge is 2.17. The van der Waals surface area contributed by atoms with E-state index >= 15 is 0 Å². The summed E-state index contributed by atoms with van der Waals surface area (Å²) in [7, 11) is 0. The van der Waals surface area contributed by atoms with E-state index in [1.54, 1.807) is 0 Å². The molecule has 2 aromatic heterocycles. The van der Waals surface area contributed by atoms with Gasteiger partial charge in [-0.25, -0.2) is 4.68 Å². The largest absolute Gasteiger partial charge is 0.321 e. The van der Waals surface area contributed by atoms with Crippen molar-refractivity contribution in [3.05, 3.63) is 76.8 Å². The van der Waals surface area contributed by atoms with Crippen LogP contribution in [0.3, 0.4) is 0 Å². The summed E-state index contributed by atoms with van der Waals surface area (Å²) < 4.78 is 1.91. The molecule has 0 fully saturated rings. The van der Waals surface area contributed by atoms with Crippen molar-refractivity contribution >= 4 is 33.1 Å². The molecular formula is C21H19N3OS. The Kier molecular flexibility index (Phi) is 4.31. The molecule has 0 atom stereocenters. The number of aryl methyl sites for hydroxylation is 2. The zero-order valence-electron chi connectivity index (χ0n) is 14.7. The first-order valence-electron chi connectivity index (χ1n) is 8.61. The first kappa shape index (κ1) is 16.5. The van der Waals surface area contributed by atoms with E-state index in [1.165, 1.54) is 11.3 Å². The van der Waals surface area contributed by atoms with Crippen LogP contribution in [0.2, 0.25) is 0 Å². The van der Waals surface area contributed by atoms with Crippen molar-refractivity contribution in [3.63, 3.8) is 0 Å². The highest BCUT2D eigenvalue weighted by Crippen LogP contribution is 2.31. The molecular weight excluding hydrogens is 342 g/mol. The Labute approximate surface area is 156 Å². The number of aromatic nitrogens is 2. The smallest absolute Gasteiger partial charge is 0.265 e. The standard InChI is InChI=1S/C21H19N3OS/c1-3-15-9-7-8-12-18(15)22-20(25)19-13-17-14(2)23-24(21(17)26-19)16-10-5-4-6-11-16/h4-13H,3H2,1-2H3,(H,22,25). The minimum atomic E-state index is -0.0777. The number of benzene rings is 2. The zero-order chi connectivity index (χ0) is 18.1. The second-order valence-electron chi connectivity index (χ2n) is 6.13. The molecule has 0 radical (unpaired) electrons. The molecule has 2 aromatic carbocycles. The van der Waals surface area contributed by atoms with Crippen molar-refractivity contribution in [1.82, 2.24) is 9.78 Å². The third kappa shape index (κ3) is 2.91. The van der Waals surface area contributed by atoms with Crippen LogP contribution in [0.25, 0.3) is 15.9 Å². The molecule has 130 valence electrons. The van der Waals surface area contributed by atoms with Crippen LogP contribution in [0.15, 0.2) is 60.7 Å². The Morgan fingerprint density at radius 3 is 2.62 bits per heavy atom. The second-order valence-corrected chi connectivity index (χ2v) is 7.16. The van der Waals surface area contributed by atoms with Gasteiger partial charge in [0.15, 0.2) is 0 Å². The van der Waals surface area contributed by atoms with E-state index in [1.807, 2.05) is 72.3 Å². The van der Waals surface area contributed by atoms with E-state index in [-0.39, 0.29) is 5.91 Å². The average molecular weight is 361 g/mol. The van der Waals surface area contributed by atoms with Gasteiger partial charge in [0.05, 0.1) is 16.3 Å². The summed E-state index contributed by atoms with van der Waals surface area (Å²) in [6.07, 6.45) is 0.880. The molecule has 0 saturated carbocycles. The van der Waals surface area contributed by atoms with Crippen LogP contribution in [0.4, 0.5) is 5.69 Å². The van der Waals surface area contributed by atoms with Crippen LogP contribution < -0.4 is 5.32 Å². The van der Waals surface area contributed by atoms with Gasteiger partial charge in [-0.1, -0.05) is 43.3 Å². The Hall–Kier alpha value is -2.92. The number of carbonyl (C=O) groups excluding carboxylic acids is 1. The average Bonchev–Trinajstić information content (AvgIpc) is 3.24. The molecule has 4 rings (SSSR count). The molecule has 0 saturated heterocycles. The van der Waals surface area contributed by atoms with Crippen molar-refractivity contribution < 1.29 is 4.79 Å². The number of thiophene rings is 1. The maximum Gasteiger partial charge on any atom is 0.265 e. The van der Waals surface area contributed by atoms with Crippen molar-refractivity contribution in [2.45, 2.75) is 20.3 Å². The first-order valence-corrected chi connectivity index (χ1v) is 9.43. The fourth-order valence-electron chi connectivity index (χ4n) is 3.04. The van der Waals surface area contributed by atoms with Crippen molar-refractivity contribution in [1.29, 1.82) is 0 Å². The van der Waals surface area contributed by atoms with E-state index in [2.05, 4.69) is 17.3 Å². The summed E-state index contributed by atoms with van der Waals surface area (Å²) in [5.41, 5.74) is 3.93. The number of anilines is 1. The van der Waals surface area contributed by atoms with Crippen LogP contribution in [0, 0.1) is 6.92 Å². The maximum absolute atomic E-state index is 12.8. The summed E-state index contributed by atoms with van der Waals surface area (Å²) in [6, 6.07) is 19.8. The normalized spacial score (nSPS) is 11.0. The molecule has 4 aromatic rings. The summed E-state index contributed by atoms with van der Waals surface area (Å²) >= 11 is 1.47. The Morgan fingerprint density at radius 2 is 1.85 bits per heavy atom. The Balaban J connectivity index is 1.71. The molecule has 0 aliphatic carbocycles. The summed E-state index contributed by atoms with van der Waals surface area (Å²) in [4.78, 5) is 14.5.